The second kappa shape index (κ2) is 8.12. The molecular weight excluding hydrogens is 388 g/mol. The normalized spacial score (nSPS) is 15.0. The fourth-order valence-electron chi connectivity index (χ4n) is 3.21. The van der Waals surface area contributed by atoms with E-state index < -0.39 is 16.8 Å². The van der Waals surface area contributed by atoms with Gasteiger partial charge in [0.1, 0.15) is 0 Å². The average Bonchev–Trinajstić information content (AvgIpc) is 2.97. The van der Waals surface area contributed by atoms with Crippen LogP contribution in [0.3, 0.4) is 0 Å². The number of amides is 1. The van der Waals surface area contributed by atoms with Gasteiger partial charge in [0.2, 0.25) is 0 Å². The highest BCUT2D eigenvalue weighted by atomic mass is 16.6. The first-order valence-corrected chi connectivity index (χ1v) is 8.95. The highest BCUT2D eigenvalue weighted by molar-refractivity contribution is 6.24. The number of Topliss-reactive ketones (excluding diaryl/α,β-unsaturated/α-hetero) is 1. The van der Waals surface area contributed by atoms with E-state index in [1.165, 1.54) is 49.3 Å². The van der Waals surface area contributed by atoms with Crippen LogP contribution in [0.4, 0.5) is 11.4 Å². The Balaban J connectivity index is 2.11. The van der Waals surface area contributed by atoms with Crippen LogP contribution in [0.5, 0.6) is 0 Å². The van der Waals surface area contributed by atoms with Crippen LogP contribution < -0.4 is 4.90 Å². The van der Waals surface area contributed by atoms with Crippen molar-refractivity contribution < 1.29 is 24.0 Å². The molecule has 2 aromatic carbocycles. The molecule has 0 saturated carbocycles. The molecule has 30 heavy (non-hydrogen) atoms. The van der Waals surface area contributed by atoms with Gasteiger partial charge in [0.05, 0.1) is 23.2 Å². The van der Waals surface area contributed by atoms with E-state index in [1.807, 2.05) is 0 Å². The molecule has 2 aromatic rings. The van der Waals surface area contributed by atoms with E-state index in [0.717, 1.165) is 0 Å². The molecule has 8 heteroatoms. The molecule has 0 aliphatic carbocycles. The lowest BCUT2D eigenvalue weighted by molar-refractivity contribution is -0.384. The van der Waals surface area contributed by atoms with Gasteiger partial charge in [-0.3, -0.25) is 24.6 Å². The SMILES string of the molecule is COC(=O)C1=C(C)N(c2cccc(C(C)=O)c2)C(=O)/C1=C\c1ccc([N+](=O)[O-])cc1. The van der Waals surface area contributed by atoms with Crippen molar-refractivity contribution in [2.24, 2.45) is 0 Å². The number of esters is 1. The van der Waals surface area contributed by atoms with E-state index >= 15 is 0 Å². The largest absolute Gasteiger partial charge is 0.465 e. The standard InChI is InChI=1S/C22H18N2O6/c1-13-20(22(27)30-3)19(11-15-7-9-17(10-8-15)24(28)29)21(26)23(13)18-6-4-5-16(12-18)14(2)25/h4-12H,1-3H3/b19-11-. The second-order valence-electron chi connectivity index (χ2n) is 6.61. The molecule has 0 aromatic heterocycles. The molecule has 0 bridgehead atoms. The van der Waals surface area contributed by atoms with E-state index in [4.69, 9.17) is 4.74 Å². The molecule has 0 spiro atoms. The van der Waals surface area contributed by atoms with Gasteiger partial charge in [-0.05, 0) is 49.8 Å². The predicted molar refractivity (Wildman–Crippen MR) is 110 cm³/mol. The first-order valence-electron chi connectivity index (χ1n) is 8.95. The van der Waals surface area contributed by atoms with Crippen molar-refractivity contribution in [1.29, 1.82) is 0 Å². The van der Waals surface area contributed by atoms with E-state index in [-0.39, 0.29) is 22.6 Å². The number of nitro benzene ring substituents is 1. The molecule has 8 nitrogen and oxygen atoms in total. The minimum absolute atomic E-state index is 0.0857. The van der Waals surface area contributed by atoms with Crippen molar-refractivity contribution in [2.45, 2.75) is 13.8 Å². The molecule has 1 aliphatic rings. The maximum absolute atomic E-state index is 13.2. The van der Waals surface area contributed by atoms with Gasteiger partial charge in [0.15, 0.2) is 5.78 Å². The predicted octanol–water partition coefficient (Wildman–Crippen LogP) is 3.67. The Bertz CT molecular complexity index is 1130. The lowest BCUT2D eigenvalue weighted by Gasteiger charge is -2.18. The summed E-state index contributed by atoms with van der Waals surface area (Å²) in [5.41, 5.74) is 1.85. The van der Waals surface area contributed by atoms with Crippen LogP contribution in [0.1, 0.15) is 29.8 Å². The minimum atomic E-state index is -0.681. The Morgan fingerprint density at radius 3 is 2.37 bits per heavy atom. The zero-order valence-corrected chi connectivity index (χ0v) is 16.5. The summed E-state index contributed by atoms with van der Waals surface area (Å²) in [6, 6.07) is 12.1. The number of non-ortho nitro benzene ring substituents is 1. The number of nitrogens with zero attached hydrogens (tertiary/aromatic N) is 2. The summed E-state index contributed by atoms with van der Waals surface area (Å²) in [7, 11) is 1.22. The zero-order valence-electron chi connectivity index (χ0n) is 16.5. The molecule has 3 rings (SSSR count). The fourth-order valence-corrected chi connectivity index (χ4v) is 3.21. The number of rotatable bonds is 5. The fraction of sp³-hybridized carbons (Fsp3) is 0.136. The molecule has 1 aliphatic heterocycles. The van der Waals surface area contributed by atoms with Crippen LogP contribution in [0.15, 0.2) is 65.4 Å². The van der Waals surface area contributed by atoms with E-state index in [1.54, 1.807) is 31.2 Å². The van der Waals surface area contributed by atoms with Gasteiger partial charge in [0, 0.05) is 29.1 Å². The highest BCUT2D eigenvalue weighted by Crippen LogP contribution is 2.35. The van der Waals surface area contributed by atoms with Gasteiger partial charge >= 0.3 is 5.97 Å². The van der Waals surface area contributed by atoms with Crippen LogP contribution >= 0.6 is 0 Å². The summed E-state index contributed by atoms with van der Waals surface area (Å²) >= 11 is 0. The number of benzene rings is 2. The average molecular weight is 406 g/mol. The third-order valence-corrected chi connectivity index (χ3v) is 4.72. The number of ether oxygens (including phenoxy) is 1. The van der Waals surface area contributed by atoms with E-state index in [9.17, 15) is 24.5 Å². The lowest BCUT2D eigenvalue weighted by Crippen LogP contribution is -2.24. The maximum atomic E-state index is 13.2. The smallest absolute Gasteiger partial charge is 0.340 e. The first-order chi connectivity index (χ1) is 14.2. The number of ketones is 1. The summed E-state index contributed by atoms with van der Waals surface area (Å²) in [6.07, 6.45) is 1.48. The number of anilines is 1. The monoisotopic (exact) mass is 406 g/mol. The number of carbonyl (C=O) groups is 3. The van der Waals surface area contributed by atoms with Gasteiger partial charge in [-0.25, -0.2) is 4.79 Å². The van der Waals surface area contributed by atoms with E-state index in [2.05, 4.69) is 0 Å². The van der Waals surface area contributed by atoms with Crippen LogP contribution in [-0.4, -0.2) is 29.7 Å². The molecule has 0 fully saturated rings. The van der Waals surface area contributed by atoms with Crippen molar-refractivity contribution in [3.63, 3.8) is 0 Å². The molecule has 152 valence electrons. The Kier molecular flexibility index (Phi) is 5.59. The van der Waals surface area contributed by atoms with Crippen LogP contribution in [0, 0.1) is 10.1 Å². The zero-order chi connectivity index (χ0) is 22.0. The molecule has 1 amide bonds. The van der Waals surface area contributed by atoms with Gasteiger partial charge in [-0.2, -0.15) is 0 Å². The first kappa shape index (κ1) is 20.7. The molecule has 1 heterocycles. The third kappa shape index (κ3) is 3.75. The molecular formula is C22H18N2O6. The number of allylic oxidation sites excluding steroid dienone is 1. The summed E-state index contributed by atoms with van der Waals surface area (Å²) < 4.78 is 4.86. The van der Waals surface area contributed by atoms with Crippen LogP contribution in [-0.2, 0) is 14.3 Å². The second-order valence-corrected chi connectivity index (χ2v) is 6.61. The van der Waals surface area contributed by atoms with Crippen molar-refractivity contribution in [3.05, 3.63) is 86.6 Å². The lowest BCUT2D eigenvalue weighted by atomic mass is 10.0. The van der Waals surface area contributed by atoms with E-state index in [0.29, 0.717) is 22.5 Å². The summed E-state index contributed by atoms with van der Waals surface area (Å²) in [4.78, 5) is 49.0. The topological polar surface area (TPSA) is 107 Å². The molecule has 0 N–H and O–H groups in total. The van der Waals surface area contributed by atoms with Crippen molar-refractivity contribution in [3.8, 4) is 0 Å². The molecule has 0 unspecified atom stereocenters. The van der Waals surface area contributed by atoms with Gasteiger partial charge in [-0.15, -0.1) is 0 Å². The number of methoxy groups -OCH3 is 1. The highest BCUT2D eigenvalue weighted by Gasteiger charge is 2.38. The van der Waals surface area contributed by atoms with Gasteiger partial charge in [-0.1, -0.05) is 12.1 Å². The summed E-state index contributed by atoms with van der Waals surface area (Å²) in [5, 5.41) is 10.8. The quantitative estimate of drug-likeness (QED) is 0.247. The number of carbonyl (C=O) groups excluding carboxylic acids is 3. The number of nitro groups is 1. The van der Waals surface area contributed by atoms with Crippen molar-refractivity contribution in [2.75, 3.05) is 12.0 Å². The van der Waals surface area contributed by atoms with Crippen molar-refractivity contribution >= 4 is 35.1 Å². The Morgan fingerprint density at radius 2 is 1.80 bits per heavy atom. The van der Waals surface area contributed by atoms with Crippen LogP contribution in [0.25, 0.3) is 6.08 Å². The molecule has 0 radical (unpaired) electrons. The Labute approximate surface area is 172 Å². The van der Waals surface area contributed by atoms with Crippen LogP contribution in [0.2, 0.25) is 0 Å². The summed E-state index contributed by atoms with van der Waals surface area (Å²) in [6.45, 7) is 3.04. The number of hydrogen-bond donors (Lipinski definition) is 0. The van der Waals surface area contributed by atoms with Crippen molar-refractivity contribution in [1.82, 2.24) is 0 Å². The van der Waals surface area contributed by atoms with Gasteiger partial charge in [0.25, 0.3) is 11.6 Å². The maximum Gasteiger partial charge on any atom is 0.340 e. The molecule has 0 saturated heterocycles. The third-order valence-electron chi connectivity index (χ3n) is 4.72. The molecule has 0 atom stereocenters. The number of hydrogen-bond acceptors (Lipinski definition) is 6. The Hall–Kier alpha value is -4.07. The summed E-state index contributed by atoms with van der Waals surface area (Å²) in [5.74, 6) is -1.30. The Morgan fingerprint density at radius 1 is 1.13 bits per heavy atom. The minimum Gasteiger partial charge on any atom is -0.465 e. The van der Waals surface area contributed by atoms with Gasteiger partial charge < -0.3 is 4.74 Å².